The lowest BCUT2D eigenvalue weighted by Crippen LogP contribution is -2.12. The van der Waals surface area contributed by atoms with E-state index in [2.05, 4.69) is 4.74 Å². The summed E-state index contributed by atoms with van der Waals surface area (Å²) in [6.07, 6.45) is -0.122. The van der Waals surface area contributed by atoms with Gasteiger partial charge in [-0.3, -0.25) is 0 Å². The van der Waals surface area contributed by atoms with Gasteiger partial charge in [0.1, 0.15) is 6.10 Å². The molecule has 0 bridgehead atoms. The average Bonchev–Trinajstić information content (AvgIpc) is 1.89. The Morgan fingerprint density at radius 3 is 2.44 bits per heavy atom. The van der Waals surface area contributed by atoms with Crippen LogP contribution in [0.5, 0.6) is 0 Å². The fraction of sp³-hybridized carbons (Fsp3) is 0.800. The Kier molecular flexibility index (Phi) is 5.86. The first-order chi connectivity index (χ1) is 4.31. The summed E-state index contributed by atoms with van der Waals surface area (Å²) >= 11 is 0. The van der Waals surface area contributed by atoms with Crippen molar-refractivity contribution < 1.29 is 20.1 Å². The first-order valence-corrected chi connectivity index (χ1v) is 2.64. The fourth-order valence-corrected chi connectivity index (χ4v) is 0.300. The molecule has 3 N–H and O–H groups in total. The van der Waals surface area contributed by atoms with Crippen LogP contribution in [0.3, 0.4) is 0 Å². The van der Waals surface area contributed by atoms with Gasteiger partial charge in [0.2, 0.25) is 0 Å². The summed E-state index contributed by atoms with van der Waals surface area (Å²) in [5, 5.41) is 24.9. The fourth-order valence-electron chi connectivity index (χ4n) is 0.300. The molecule has 0 rings (SSSR count). The lowest BCUT2D eigenvalue weighted by atomic mass is 10.4. The number of hydrogen-bond acceptors (Lipinski definition) is 4. The molecular weight excluding hydrogens is 124 g/mol. The first kappa shape index (κ1) is 8.84. The Morgan fingerprint density at radius 1 is 1.33 bits per heavy atom. The zero-order chi connectivity index (χ0) is 7.11. The van der Waals surface area contributed by atoms with E-state index in [9.17, 15) is 0 Å². The molecule has 0 heterocycles. The molecule has 0 spiro atoms. The van der Waals surface area contributed by atoms with E-state index in [-0.39, 0.29) is 32.5 Å². The molecule has 0 aliphatic rings. The molecular formula is C5H11O4. The van der Waals surface area contributed by atoms with Crippen molar-refractivity contribution in [3.8, 4) is 0 Å². The lowest BCUT2D eigenvalue weighted by Gasteiger charge is -2.04. The van der Waals surface area contributed by atoms with E-state index in [1.54, 1.807) is 0 Å². The van der Waals surface area contributed by atoms with E-state index in [0.717, 1.165) is 0 Å². The highest BCUT2D eigenvalue weighted by Crippen LogP contribution is 1.90. The van der Waals surface area contributed by atoms with Crippen LogP contribution in [-0.4, -0.2) is 41.7 Å². The van der Waals surface area contributed by atoms with Crippen molar-refractivity contribution in [2.24, 2.45) is 0 Å². The van der Waals surface area contributed by atoms with Crippen molar-refractivity contribution in [1.82, 2.24) is 0 Å². The van der Waals surface area contributed by atoms with E-state index in [0.29, 0.717) is 0 Å². The SMILES string of the molecule is OCCOC[C](O)CO. The van der Waals surface area contributed by atoms with Crippen molar-refractivity contribution in [3.63, 3.8) is 0 Å². The summed E-state index contributed by atoms with van der Waals surface area (Å²) in [6, 6.07) is 0. The maximum Gasteiger partial charge on any atom is 0.144 e. The van der Waals surface area contributed by atoms with Crippen LogP contribution < -0.4 is 0 Å². The molecule has 0 aromatic rings. The summed E-state index contributed by atoms with van der Waals surface area (Å²) in [4.78, 5) is 0. The Balaban J connectivity index is 2.88. The second kappa shape index (κ2) is 5.97. The molecule has 0 aromatic heterocycles. The van der Waals surface area contributed by atoms with Gasteiger partial charge in [-0.1, -0.05) is 0 Å². The van der Waals surface area contributed by atoms with Crippen LogP contribution in [0.25, 0.3) is 0 Å². The zero-order valence-corrected chi connectivity index (χ0v) is 5.08. The van der Waals surface area contributed by atoms with Crippen molar-refractivity contribution in [3.05, 3.63) is 6.10 Å². The first-order valence-electron chi connectivity index (χ1n) is 2.64. The zero-order valence-electron chi connectivity index (χ0n) is 5.08. The predicted molar refractivity (Wildman–Crippen MR) is 30.2 cm³/mol. The molecule has 0 unspecified atom stereocenters. The van der Waals surface area contributed by atoms with E-state index in [4.69, 9.17) is 15.3 Å². The van der Waals surface area contributed by atoms with Gasteiger partial charge in [-0.25, -0.2) is 0 Å². The standard InChI is InChI=1S/C5H11O4/c6-1-2-9-4-5(8)3-7/h6-8H,1-4H2. The van der Waals surface area contributed by atoms with Gasteiger partial charge in [-0.05, 0) is 0 Å². The number of ether oxygens (including phenoxy) is 1. The summed E-state index contributed by atoms with van der Waals surface area (Å²) in [7, 11) is 0. The van der Waals surface area contributed by atoms with Crippen molar-refractivity contribution in [1.29, 1.82) is 0 Å². The van der Waals surface area contributed by atoms with E-state index < -0.39 is 0 Å². The lowest BCUT2D eigenvalue weighted by molar-refractivity contribution is 0.0495. The maximum atomic E-state index is 8.54. The van der Waals surface area contributed by atoms with Gasteiger partial charge in [0.15, 0.2) is 0 Å². The van der Waals surface area contributed by atoms with Gasteiger partial charge in [0.25, 0.3) is 0 Å². The monoisotopic (exact) mass is 135 g/mol. The molecule has 0 fully saturated rings. The summed E-state index contributed by atoms with van der Waals surface area (Å²) < 4.78 is 4.64. The smallest absolute Gasteiger partial charge is 0.144 e. The van der Waals surface area contributed by atoms with Crippen LogP contribution in [0.15, 0.2) is 0 Å². The van der Waals surface area contributed by atoms with Gasteiger partial charge >= 0.3 is 0 Å². The van der Waals surface area contributed by atoms with E-state index in [1.807, 2.05) is 0 Å². The molecule has 0 aromatic carbocycles. The molecule has 1 radical (unpaired) electrons. The molecule has 4 heteroatoms. The second-order valence-corrected chi connectivity index (χ2v) is 1.50. The number of aliphatic hydroxyl groups is 3. The summed E-state index contributed by atoms with van der Waals surface area (Å²) in [6.45, 7) is -0.273. The van der Waals surface area contributed by atoms with Gasteiger partial charge in [0, 0.05) is 0 Å². The van der Waals surface area contributed by atoms with Gasteiger partial charge in [0.05, 0.1) is 26.4 Å². The Morgan fingerprint density at radius 2 is 2.00 bits per heavy atom. The normalized spacial score (nSPS) is 10.7. The molecule has 0 amide bonds. The molecule has 0 aliphatic carbocycles. The molecule has 0 atom stereocenters. The topological polar surface area (TPSA) is 69.9 Å². The van der Waals surface area contributed by atoms with Crippen LogP contribution in [0, 0.1) is 6.10 Å². The molecule has 55 valence electrons. The number of hydrogen-bond donors (Lipinski definition) is 3. The van der Waals surface area contributed by atoms with Gasteiger partial charge in [-0.2, -0.15) is 0 Å². The third-order valence-corrected chi connectivity index (χ3v) is 0.687. The molecule has 4 nitrogen and oxygen atoms in total. The highest BCUT2D eigenvalue weighted by atomic mass is 16.5. The minimum atomic E-state index is -0.384. The van der Waals surface area contributed by atoms with Crippen molar-refractivity contribution >= 4 is 0 Å². The van der Waals surface area contributed by atoms with Crippen LogP contribution >= 0.6 is 0 Å². The van der Waals surface area contributed by atoms with E-state index >= 15 is 0 Å². The average molecular weight is 135 g/mol. The molecule has 0 saturated heterocycles. The highest BCUT2D eigenvalue weighted by molar-refractivity contribution is 4.71. The minimum Gasteiger partial charge on any atom is -0.394 e. The quantitative estimate of drug-likeness (QED) is 0.418. The van der Waals surface area contributed by atoms with Crippen LogP contribution in [-0.2, 0) is 4.74 Å². The third kappa shape index (κ3) is 5.72. The second-order valence-electron chi connectivity index (χ2n) is 1.50. The largest absolute Gasteiger partial charge is 0.394 e. The van der Waals surface area contributed by atoms with Crippen molar-refractivity contribution in [2.75, 3.05) is 26.4 Å². The third-order valence-electron chi connectivity index (χ3n) is 0.687. The Labute approximate surface area is 53.7 Å². The maximum absolute atomic E-state index is 8.54. The number of aliphatic hydroxyl groups excluding tert-OH is 3. The molecule has 9 heavy (non-hydrogen) atoms. The Hall–Kier alpha value is -0.160. The number of rotatable bonds is 5. The minimum absolute atomic E-state index is 0.00292. The van der Waals surface area contributed by atoms with Gasteiger partial charge in [-0.15, -0.1) is 0 Å². The molecule has 0 aliphatic heterocycles. The van der Waals surface area contributed by atoms with Crippen molar-refractivity contribution in [2.45, 2.75) is 0 Å². The predicted octanol–water partition coefficient (Wildman–Crippen LogP) is -1.11. The summed E-state index contributed by atoms with van der Waals surface area (Å²) in [5.74, 6) is 0. The van der Waals surface area contributed by atoms with Crippen LogP contribution in [0.1, 0.15) is 0 Å². The highest BCUT2D eigenvalue weighted by Gasteiger charge is 2.01. The van der Waals surface area contributed by atoms with E-state index in [1.165, 1.54) is 0 Å². The van der Waals surface area contributed by atoms with Gasteiger partial charge < -0.3 is 20.1 Å². The molecule has 0 saturated carbocycles. The van der Waals surface area contributed by atoms with Crippen LogP contribution in [0.4, 0.5) is 0 Å². The van der Waals surface area contributed by atoms with Crippen LogP contribution in [0.2, 0.25) is 0 Å². The summed E-state index contributed by atoms with van der Waals surface area (Å²) in [5.41, 5.74) is 0. The Bertz CT molecular complexity index is 56.9.